The standard InChI is InChI=1S/C9H14/c1-3-8-6-5-7-9(8)4-2/h8-9H,3-4,6H2,1-2H3. The molecule has 1 rings (SSSR count). The van der Waals surface area contributed by atoms with E-state index in [-0.39, 0.29) is 0 Å². The molecule has 0 fully saturated rings. The van der Waals surface area contributed by atoms with Crippen LogP contribution in [0.3, 0.4) is 0 Å². The molecule has 0 saturated carbocycles. The van der Waals surface area contributed by atoms with E-state index in [0.29, 0.717) is 0 Å². The third kappa shape index (κ3) is 1.27. The summed E-state index contributed by atoms with van der Waals surface area (Å²) >= 11 is 0. The summed E-state index contributed by atoms with van der Waals surface area (Å²) in [4.78, 5) is 0. The quantitative estimate of drug-likeness (QED) is 0.493. The highest BCUT2D eigenvalue weighted by Crippen LogP contribution is 2.25. The van der Waals surface area contributed by atoms with Crippen molar-refractivity contribution >= 4 is 0 Å². The van der Waals surface area contributed by atoms with Gasteiger partial charge < -0.3 is 0 Å². The molecular weight excluding hydrogens is 108 g/mol. The Morgan fingerprint density at radius 1 is 1.33 bits per heavy atom. The Kier molecular flexibility index (Phi) is 2.16. The largest absolute Gasteiger partial charge is 0.103 e. The Hall–Kier alpha value is -0.440. The van der Waals surface area contributed by atoms with Gasteiger partial charge in [0.1, 0.15) is 0 Å². The van der Waals surface area contributed by atoms with Crippen molar-refractivity contribution in [3.63, 3.8) is 0 Å². The fourth-order valence-electron chi connectivity index (χ4n) is 1.45. The predicted octanol–water partition coefficient (Wildman–Crippen LogP) is 2.45. The van der Waals surface area contributed by atoms with Gasteiger partial charge in [-0.1, -0.05) is 26.2 Å². The van der Waals surface area contributed by atoms with Crippen molar-refractivity contribution in [2.24, 2.45) is 11.8 Å². The Bertz CT molecular complexity index is 136. The van der Waals surface area contributed by atoms with Crippen molar-refractivity contribution < 1.29 is 0 Å². The van der Waals surface area contributed by atoms with Crippen molar-refractivity contribution in [1.29, 1.82) is 0 Å². The first kappa shape index (κ1) is 6.68. The van der Waals surface area contributed by atoms with Crippen molar-refractivity contribution in [3.05, 3.63) is 0 Å². The molecule has 0 aromatic carbocycles. The first-order valence-corrected chi connectivity index (χ1v) is 3.86. The van der Waals surface area contributed by atoms with Crippen LogP contribution in [-0.2, 0) is 0 Å². The molecule has 0 radical (unpaired) electrons. The predicted molar refractivity (Wildman–Crippen MR) is 40.0 cm³/mol. The maximum atomic E-state index is 3.26. The van der Waals surface area contributed by atoms with Gasteiger partial charge in [-0.05, 0) is 12.3 Å². The normalized spacial score (nSPS) is 31.8. The maximum Gasteiger partial charge on any atom is 0.0237 e. The number of rotatable bonds is 2. The summed E-state index contributed by atoms with van der Waals surface area (Å²) in [6.07, 6.45) is 3.68. The number of hydrogen-bond acceptors (Lipinski definition) is 0. The van der Waals surface area contributed by atoms with E-state index in [1.54, 1.807) is 0 Å². The second-order valence-electron chi connectivity index (χ2n) is 2.71. The van der Waals surface area contributed by atoms with Crippen LogP contribution >= 0.6 is 0 Å². The summed E-state index contributed by atoms with van der Waals surface area (Å²) in [5.74, 6) is 8.01. The van der Waals surface area contributed by atoms with E-state index in [1.165, 1.54) is 12.8 Å². The van der Waals surface area contributed by atoms with Crippen LogP contribution < -0.4 is 0 Å². The molecule has 0 aliphatic heterocycles. The van der Waals surface area contributed by atoms with Crippen molar-refractivity contribution in [2.45, 2.75) is 33.1 Å². The van der Waals surface area contributed by atoms with Crippen LogP contribution in [-0.4, -0.2) is 0 Å². The molecule has 0 spiro atoms. The second-order valence-corrected chi connectivity index (χ2v) is 2.71. The molecule has 0 aromatic rings. The van der Waals surface area contributed by atoms with E-state index < -0.39 is 0 Å². The minimum absolute atomic E-state index is 0.718. The zero-order valence-electron chi connectivity index (χ0n) is 6.28. The van der Waals surface area contributed by atoms with Crippen molar-refractivity contribution in [1.82, 2.24) is 0 Å². The van der Waals surface area contributed by atoms with Gasteiger partial charge in [0.25, 0.3) is 0 Å². The van der Waals surface area contributed by atoms with E-state index in [9.17, 15) is 0 Å². The average Bonchev–Trinajstić information content (AvgIpc) is 2.33. The van der Waals surface area contributed by atoms with Crippen LogP contribution in [0.1, 0.15) is 33.1 Å². The Labute approximate surface area is 57.7 Å². The summed E-state index contributed by atoms with van der Waals surface area (Å²) in [5.41, 5.74) is 0. The number of hydrogen-bond donors (Lipinski definition) is 0. The molecule has 0 N–H and O–H groups in total. The molecule has 0 aromatic heterocycles. The first-order chi connectivity index (χ1) is 4.38. The summed E-state index contributed by atoms with van der Waals surface area (Å²) in [6, 6.07) is 0. The average molecular weight is 122 g/mol. The molecule has 0 heteroatoms. The van der Waals surface area contributed by atoms with Gasteiger partial charge >= 0.3 is 0 Å². The van der Waals surface area contributed by atoms with Crippen LogP contribution in [0.25, 0.3) is 0 Å². The second kappa shape index (κ2) is 2.92. The van der Waals surface area contributed by atoms with Crippen LogP contribution in [0.5, 0.6) is 0 Å². The summed E-state index contributed by atoms with van der Waals surface area (Å²) in [6.45, 7) is 4.48. The maximum absolute atomic E-state index is 3.26. The molecule has 0 heterocycles. The van der Waals surface area contributed by atoms with E-state index >= 15 is 0 Å². The molecule has 0 saturated heterocycles. The topological polar surface area (TPSA) is 0 Å². The van der Waals surface area contributed by atoms with Crippen molar-refractivity contribution in [2.75, 3.05) is 0 Å². The van der Waals surface area contributed by atoms with Gasteiger partial charge in [0.05, 0.1) is 0 Å². The third-order valence-corrected chi connectivity index (χ3v) is 2.18. The molecule has 0 nitrogen and oxygen atoms in total. The van der Waals surface area contributed by atoms with E-state index in [2.05, 4.69) is 25.7 Å². The minimum Gasteiger partial charge on any atom is -0.103 e. The Morgan fingerprint density at radius 2 is 2.11 bits per heavy atom. The molecule has 2 unspecified atom stereocenters. The lowest BCUT2D eigenvalue weighted by atomic mass is 9.91. The van der Waals surface area contributed by atoms with Gasteiger partial charge in [-0.15, -0.1) is 5.92 Å². The van der Waals surface area contributed by atoms with Crippen LogP contribution in [0.2, 0.25) is 0 Å². The molecule has 0 bridgehead atoms. The lowest BCUT2D eigenvalue weighted by Gasteiger charge is -2.12. The van der Waals surface area contributed by atoms with Gasteiger partial charge in [-0.2, -0.15) is 0 Å². The van der Waals surface area contributed by atoms with Crippen molar-refractivity contribution in [3.8, 4) is 11.8 Å². The van der Waals surface area contributed by atoms with Gasteiger partial charge in [-0.25, -0.2) is 0 Å². The highest BCUT2D eigenvalue weighted by Gasteiger charge is 2.18. The summed E-state index contributed by atoms with van der Waals surface area (Å²) in [5, 5.41) is 0. The zero-order valence-corrected chi connectivity index (χ0v) is 6.28. The molecule has 9 heavy (non-hydrogen) atoms. The van der Waals surface area contributed by atoms with Gasteiger partial charge in [0.15, 0.2) is 0 Å². The smallest absolute Gasteiger partial charge is 0.0237 e. The highest BCUT2D eigenvalue weighted by atomic mass is 14.2. The van der Waals surface area contributed by atoms with Crippen LogP contribution in [0, 0.1) is 23.7 Å². The zero-order chi connectivity index (χ0) is 6.69. The molecule has 50 valence electrons. The van der Waals surface area contributed by atoms with Crippen LogP contribution in [0.15, 0.2) is 0 Å². The first-order valence-electron chi connectivity index (χ1n) is 3.86. The fourth-order valence-corrected chi connectivity index (χ4v) is 1.45. The van der Waals surface area contributed by atoms with Gasteiger partial charge in [0.2, 0.25) is 0 Å². The monoisotopic (exact) mass is 122 g/mol. The highest BCUT2D eigenvalue weighted by molar-refractivity contribution is 5.13. The third-order valence-electron chi connectivity index (χ3n) is 2.18. The SMILES string of the molecule is CCC1C#CCC1CC. The molecule has 1 aliphatic carbocycles. The summed E-state index contributed by atoms with van der Waals surface area (Å²) < 4.78 is 0. The fraction of sp³-hybridized carbons (Fsp3) is 0.778. The van der Waals surface area contributed by atoms with E-state index in [0.717, 1.165) is 18.3 Å². The Morgan fingerprint density at radius 3 is 2.56 bits per heavy atom. The Balaban J connectivity index is 2.42. The van der Waals surface area contributed by atoms with Gasteiger partial charge in [-0.3, -0.25) is 0 Å². The van der Waals surface area contributed by atoms with E-state index in [1.807, 2.05) is 0 Å². The van der Waals surface area contributed by atoms with E-state index in [4.69, 9.17) is 0 Å². The summed E-state index contributed by atoms with van der Waals surface area (Å²) in [7, 11) is 0. The lowest BCUT2D eigenvalue weighted by Crippen LogP contribution is -2.05. The minimum atomic E-state index is 0.718. The molecule has 2 atom stereocenters. The lowest BCUT2D eigenvalue weighted by molar-refractivity contribution is 0.409. The molecule has 0 amide bonds. The molecular formula is C9H14. The van der Waals surface area contributed by atoms with Gasteiger partial charge in [0, 0.05) is 12.3 Å². The molecule has 1 aliphatic rings. The van der Waals surface area contributed by atoms with Crippen LogP contribution in [0.4, 0.5) is 0 Å².